The van der Waals surface area contributed by atoms with Gasteiger partial charge in [-0.25, -0.2) is 9.78 Å². The molecule has 0 saturated heterocycles. The zero-order chi connectivity index (χ0) is 14.7. The lowest BCUT2D eigenvalue weighted by Gasteiger charge is -2.03. The maximum atomic E-state index is 11.1. The van der Waals surface area contributed by atoms with E-state index in [0.717, 1.165) is 23.3 Å². The van der Waals surface area contributed by atoms with Gasteiger partial charge in [0.2, 0.25) is 0 Å². The van der Waals surface area contributed by atoms with Crippen molar-refractivity contribution in [3.63, 3.8) is 0 Å². The van der Waals surface area contributed by atoms with E-state index in [2.05, 4.69) is 9.36 Å². The molecule has 2 rings (SSSR count). The highest BCUT2D eigenvalue weighted by atomic mass is 32.2. The second kappa shape index (κ2) is 5.97. The Morgan fingerprint density at radius 2 is 2.30 bits per heavy atom. The third-order valence-corrected chi connectivity index (χ3v) is 4.22. The first kappa shape index (κ1) is 14.4. The van der Waals surface area contributed by atoms with Gasteiger partial charge >= 0.3 is 5.97 Å². The molecule has 0 aliphatic carbocycles. The molecule has 9 heteroatoms. The minimum absolute atomic E-state index is 0.00819. The van der Waals surface area contributed by atoms with E-state index in [4.69, 9.17) is 5.11 Å². The Kier molecular flexibility index (Phi) is 4.30. The summed E-state index contributed by atoms with van der Waals surface area (Å²) >= 11 is 2.21. The van der Waals surface area contributed by atoms with Crippen LogP contribution in [0.2, 0.25) is 0 Å². The van der Waals surface area contributed by atoms with Gasteiger partial charge in [-0.3, -0.25) is 10.1 Å². The fourth-order valence-corrected chi connectivity index (χ4v) is 3.22. The van der Waals surface area contributed by atoms with Crippen molar-refractivity contribution in [2.45, 2.75) is 22.6 Å². The molecule has 7 nitrogen and oxygen atoms in total. The molecule has 0 unspecified atom stereocenters. The lowest BCUT2D eigenvalue weighted by atomic mass is 10.2. The zero-order valence-electron chi connectivity index (χ0n) is 10.3. The lowest BCUT2D eigenvalue weighted by Crippen LogP contribution is -2.00. The fraction of sp³-hybridized carbons (Fsp3) is 0.182. The SMILES string of the molecule is CCc1nsc(Sc2cc([N+](=O)[O-])ccc2C(=O)O)n1. The fourth-order valence-electron chi connectivity index (χ4n) is 1.40. The Hall–Kier alpha value is -2.00. The van der Waals surface area contributed by atoms with E-state index >= 15 is 0 Å². The molecule has 0 amide bonds. The van der Waals surface area contributed by atoms with Crippen molar-refractivity contribution in [1.29, 1.82) is 0 Å². The molecule has 0 radical (unpaired) electrons. The molecule has 1 aromatic heterocycles. The molecular weight excluding hydrogens is 302 g/mol. The van der Waals surface area contributed by atoms with Crippen molar-refractivity contribution in [2.24, 2.45) is 0 Å². The average Bonchev–Trinajstić information content (AvgIpc) is 2.86. The number of aromatic carboxylic acids is 1. The van der Waals surface area contributed by atoms with Gasteiger partial charge < -0.3 is 5.11 Å². The van der Waals surface area contributed by atoms with Crippen LogP contribution in [-0.4, -0.2) is 25.4 Å². The van der Waals surface area contributed by atoms with Crippen molar-refractivity contribution in [3.05, 3.63) is 39.7 Å². The first-order valence-corrected chi connectivity index (χ1v) is 7.12. The standard InChI is InChI=1S/C11H9N3O4S2/c1-2-9-12-11(20-13-9)19-8-5-6(14(17)18)3-4-7(8)10(15)16/h3-5H,2H2,1H3,(H,15,16). The van der Waals surface area contributed by atoms with Crippen molar-refractivity contribution in [2.75, 3.05) is 0 Å². The smallest absolute Gasteiger partial charge is 0.336 e. The van der Waals surface area contributed by atoms with Gasteiger partial charge in [-0.05, 0) is 17.6 Å². The maximum Gasteiger partial charge on any atom is 0.336 e. The Balaban J connectivity index is 2.39. The second-order valence-electron chi connectivity index (χ2n) is 3.67. The Morgan fingerprint density at radius 3 is 2.85 bits per heavy atom. The number of carboxylic acid groups (broad SMARTS) is 1. The van der Waals surface area contributed by atoms with Gasteiger partial charge in [0.15, 0.2) is 4.34 Å². The largest absolute Gasteiger partial charge is 0.478 e. The van der Waals surface area contributed by atoms with Crippen LogP contribution >= 0.6 is 23.3 Å². The van der Waals surface area contributed by atoms with Crippen LogP contribution in [0.1, 0.15) is 23.1 Å². The molecule has 0 aliphatic rings. The van der Waals surface area contributed by atoms with Crippen LogP contribution in [0.5, 0.6) is 0 Å². The van der Waals surface area contributed by atoms with Crippen LogP contribution in [0, 0.1) is 10.1 Å². The molecule has 0 fully saturated rings. The van der Waals surface area contributed by atoms with E-state index in [1.165, 1.54) is 18.2 Å². The molecule has 0 saturated carbocycles. The molecule has 0 atom stereocenters. The van der Waals surface area contributed by atoms with Crippen LogP contribution in [-0.2, 0) is 6.42 Å². The van der Waals surface area contributed by atoms with Crippen LogP contribution in [0.4, 0.5) is 5.69 Å². The van der Waals surface area contributed by atoms with Gasteiger partial charge in [-0.1, -0.05) is 18.7 Å². The molecular formula is C11H9N3O4S2. The van der Waals surface area contributed by atoms with E-state index in [-0.39, 0.29) is 16.1 Å². The van der Waals surface area contributed by atoms with E-state index < -0.39 is 10.9 Å². The van der Waals surface area contributed by atoms with Gasteiger partial charge in [0.05, 0.1) is 10.5 Å². The van der Waals surface area contributed by atoms with E-state index in [9.17, 15) is 14.9 Å². The normalized spacial score (nSPS) is 10.4. The second-order valence-corrected chi connectivity index (χ2v) is 5.72. The van der Waals surface area contributed by atoms with Gasteiger partial charge in [-0.15, -0.1) is 0 Å². The predicted molar refractivity (Wildman–Crippen MR) is 73.5 cm³/mol. The quantitative estimate of drug-likeness (QED) is 0.668. The number of nitro benzene ring substituents is 1. The minimum atomic E-state index is -1.14. The predicted octanol–water partition coefficient (Wildman–Crippen LogP) is 2.86. The van der Waals surface area contributed by atoms with E-state index in [1.807, 2.05) is 6.92 Å². The molecule has 1 N–H and O–H groups in total. The average molecular weight is 311 g/mol. The number of non-ortho nitro benzene ring substituents is 1. The maximum absolute atomic E-state index is 11.1. The van der Waals surface area contributed by atoms with Crippen LogP contribution in [0.3, 0.4) is 0 Å². The Bertz CT molecular complexity index is 671. The summed E-state index contributed by atoms with van der Waals surface area (Å²) in [6.07, 6.45) is 0.678. The summed E-state index contributed by atoms with van der Waals surface area (Å²) in [6, 6.07) is 3.64. The molecule has 104 valence electrons. The number of aromatic nitrogens is 2. The van der Waals surface area contributed by atoms with Crippen LogP contribution < -0.4 is 0 Å². The van der Waals surface area contributed by atoms with Crippen LogP contribution in [0.25, 0.3) is 0 Å². The summed E-state index contributed by atoms with van der Waals surface area (Å²) in [4.78, 5) is 25.8. The first-order chi connectivity index (χ1) is 9.51. The summed E-state index contributed by atoms with van der Waals surface area (Å²) in [5.41, 5.74) is -0.147. The molecule has 0 bridgehead atoms. The molecule has 2 aromatic rings. The zero-order valence-corrected chi connectivity index (χ0v) is 11.9. The number of hydrogen-bond donors (Lipinski definition) is 1. The third-order valence-electron chi connectivity index (χ3n) is 2.37. The highest BCUT2D eigenvalue weighted by molar-refractivity contribution is 8.01. The van der Waals surface area contributed by atoms with Crippen molar-refractivity contribution in [3.8, 4) is 0 Å². The van der Waals surface area contributed by atoms with Crippen LogP contribution in [0.15, 0.2) is 27.4 Å². The molecule has 0 spiro atoms. The lowest BCUT2D eigenvalue weighted by molar-refractivity contribution is -0.385. The molecule has 20 heavy (non-hydrogen) atoms. The number of nitro groups is 1. The van der Waals surface area contributed by atoms with E-state index in [1.54, 1.807) is 0 Å². The summed E-state index contributed by atoms with van der Waals surface area (Å²) in [6.45, 7) is 1.91. The van der Waals surface area contributed by atoms with Crippen molar-refractivity contribution >= 4 is 35.0 Å². The highest BCUT2D eigenvalue weighted by Crippen LogP contribution is 2.34. The summed E-state index contributed by atoms with van der Waals surface area (Å²) in [5.74, 6) is -0.470. The minimum Gasteiger partial charge on any atom is -0.478 e. The number of aryl methyl sites for hydroxylation is 1. The highest BCUT2D eigenvalue weighted by Gasteiger charge is 2.17. The number of rotatable bonds is 5. The van der Waals surface area contributed by atoms with Gasteiger partial charge in [0.25, 0.3) is 5.69 Å². The topological polar surface area (TPSA) is 106 Å². The Labute approximate surface area is 122 Å². The number of carbonyl (C=O) groups is 1. The molecule has 1 heterocycles. The Morgan fingerprint density at radius 1 is 1.55 bits per heavy atom. The summed E-state index contributed by atoms with van der Waals surface area (Å²) in [7, 11) is 0. The van der Waals surface area contributed by atoms with Crippen molar-refractivity contribution in [1.82, 2.24) is 9.36 Å². The first-order valence-electron chi connectivity index (χ1n) is 5.53. The number of carboxylic acids is 1. The summed E-state index contributed by atoms with van der Waals surface area (Å²) in [5, 5.41) is 19.9. The van der Waals surface area contributed by atoms with Gasteiger partial charge in [0.1, 0.15) is 5.82 Å². The van der Waals surface area contributed by atoms with Gasteiger partial charge in [0, 0.05) is 23.4 Å². The summed E-state index contributed by atoms with van der Waals surface area (Å²) < 4.78 is 4.65. The number of benzene rings is 1. The number of hydrogen-bond acceptors (Lipinski definition) is 7. The van der Waals surface area contributed by atoms with Crippen molar-refractivity contribution < 1.29 is 14.8 Å². The monoisotopic (exact) mass is 311 g/mol. The molecule has 0 aliphatic heterocycles. The van der Waals surface area contributed by atoms with Gasteiger partial charge in [-0.2, -0.15) is 4.37 Å². The number of nitrogens with zero attached hydrogens (tertiary/aromatic N) is 3. The third kappa shape index (κ3) is 3.11. The molecule has 1 aromatic carbocycles. The van der Waals surface area contributed by atoms with E-state index in [0.29, 0.717) is 16.6 Å².